The first-order chi connectivity index (χ1) is 18.4. The second-order valence-corrected chi connectivity index (χ2v) is 9.63. The Balaban J connectivity index is 1.45. The number of hydrogen-bond donors (Lipinski definition) is 3. The zero-order valence-corrected chi connectivity index (χ0v) is 21.1. The Bertz CT molecular complexity index is 1400. The summed E-state index contributed by atoms with van der Waals surface area (Å²) in [6, 6.07) is 7.10. The van der Waals surface area contributed by atoms with Crippen molar-refractivity contribution in [3.8, 4) is 17.0 Å². The highest BCUT2D eigenvalue weighted by molar-refractivity contribution is 5.66. The number of nitrogens with one attached hydrogen (secondary N) is 1. The van der Waals surface area contributed by atoms with Crippen molar-refractivity contribution in [3.05, 3.63) is 66.1 Å². The third kappa shape index (κ3) is 5.17. The van der Waals surface area contributed by atoms with Gasteiger partial charge in [-0.3, -0.25) is 4.98 Å². The lowest BCUT2D eigenvalue weighted by molar-refractivity contribution is 0.0521. The number of methoxy groups -OCH3 is 1. The minimum absolute atomic E-state index is 0.0582. The number of fused-ring (bicyclic) bond motifs is 1. The molecule has 1 aliphatic carbocycles. The number of hydrogen-bond acceptors (Lipinski definition) is 8. The van der Waals surface area contributed by atoms with E-state index in [9.17, 15) is 13.9 Å². The molecule has 0 aliphatic heterocycles. The summed E-state index contributed by atoms with van der Waals surface area (Å²) >= 11 is 0. The van der Waals surface area contributed by atoms with Crippen molar-refractivity contribution in [2.75, 3.05) is 25.6 Å². The predicted molar refractivity (Wildman–Crippen MR) is 138 cm³/mol. The molecule has 0 radical (unpaired) electrons. The van der Waals surface area contributed by atoms with E-state index < -0.39 is 17.7 Å². The maximum absolute atomic E-state index is 15.0. The lowest BCUT2D eigenvalue weighted by atomic mass is 9.74. The Morgan fingerprint density at radius 2 is 1.92 bits per heavy atom. The SMILES string of the molecule is COCCOc1cc(F)c(-c2ccc3cnc(Nc4cnccc4C4CC(C)C(O)C(N)C4)n3n2)c(F)c1. The molecule has 5 rings (SSSR count). The number of nitrogens with two attached hydrogens (primary N) is 1. The first-order valence-electron chi connectivity index (χ1n) is 12.5. The topological polar surface area (TPSA) is 120 Å². The van der Waals surface area contributed by atoms with Gasteiger partial charge in [0.2, 0.25) is 5.95 Å². The number of imidazole rings is 1. The van der Waals surface area contributed by atoms with E-state index in [0.717, 1.165) is 29.8 Å². The van der Waals surface area contributed by atoms with Crippen LogP contribution in [0.5, 0.6) is 5.75 Å². The third-order valence-electron chi connectivity index (χ3n) is 6.99. The molecule has 1 aliphatic rings. The standard InChI is InChI=1S/C27H30F2N6O3/c1-15-9-16(10-22(30)26(15)36)19-5-6-31-14-24(19)33-27-32-13-17-3-4-23(34-35(17)27)25-20(28)11-18(12-21(25)29)38-8-7-37-2/h3-6,11-16,22,26,36H,7-10,30H2,1-2H3,(H,32,33). The summed E-state index contributed by atoms with van der Waals surface area (Å²) in [5.41, 5.74) is 8.41. The molecule has 4 atom stereocenters. The number of nitrogens with zero attached hydrogens (tertiary/aromatic N) is 4. The summed E-state index contributed by atoms with van der Waals surface area (Å²) in [5, 5.41) is 18.1. The number of benzene rings is 1. The second kappa shape index (κ2) is 11.0. The van der Waals surface area contributed by atoms with Gasteiger partial charge in [-0.05, 0) is 48.4 Å². The zero-order valence-electron chi connectivity index (χ0n) is 21.1. The molecule has 4 N–H and O–H groups in total. The van der Waals surface area contributed by atoms with Gasteiger partial charge in [0.25, 0.3) is 0 Å². The van der Waals surface area contributed by atoms with Crippen molar-refractivity contribution in [2.45, 2.75) is 37.8 Å². The number of halogens is 2. The lowest BCUT2D eigenvalue weighted by Gasteiger charge is -2.36. The van der Waals surface area contributed by atoms with Gasteiger partial charge in [0.1, 0.15) is 24.0 Å². The van der Waals surface area contributed by atoms with E-state index >= 15 is 0 Å². The highest BCUT2D eigenvalue weighted by atomic mass is 19.1. The molecule has 3 heterocycles. The maximum Gasteiger partial charge on any atom is 0.229 e. The van der Waals surface area contributed by atoms with Crippen molar-refractivity contribution >= 4 is 17.2 Å². The lowest BCUT2D eigenvalue weighted by Crippen LogP contribution is -2.44. The van der Waals surface area contributed by atoms with Crippen LogP contribution in [0.1, 0.15) is 31.2 Å². The summed E-state index contributed by atoms with van der Waals surface area (Å²) in [4.78, 5) is 8.69. The molecule has 3 aromatic heterocycles. The number of rotatable bonds is 8. The number of aromatic nitrogens is 4. The first kappa shape index (κ1) is 26.0. The van der Waals surface area contributed by atoms with Gasteiger partial charge >= 0.3 is 0 Å². The summed E-state index contributed by atoms with van der Waals surface area (Å²) in [6.45, 7) is 2.47. The molecule has 1 saturated carbocycles. The Morgan fingerprint density at radius 1 is 1.13 bits per heavy atom. The number of anilines is 2. The van der Waals surface area contributed by atoms with Crippen LogP contribution >= 0.6 is 0 Å². The maximum atomic E-state index is 15.0. The molecule has 1 aromatic carbocycles. The van der Waals surface area contributed by atoms with Gasteiger partial charge < -0.3 is 25.6 Å². The fourth-order valence-corrected chi connectivity index (χ4v) is 5.04. The molecule has 200 valence electrons. The van der Waals surface area contributed by atoms with E-state index in [4.69, 9.17) is 15.2 Å². The van der Waals surface area contributed by atoms with E-state index in [-0.39, 0.29) is 41.5 Å². The van der Waals surface area contributed by atoms with Gasteiger partial charge in [0.15, 0.2) is 0 Å². The summed E-state index contributed by atoms with van der Waals surface area (Å²) < 4.78 is 41.7. The van der Waals surface area contributed by atoms with Crippen LogP contribution in [0.25, 0.3) is 16.8 Å². The van der Waals surface area contributed by atoms with Gasteiger partial charge in [0, 0.05) is 31.5 Å². The number of pyridine rings is 1. The Kier molecular flexibility index (Phi) is 7.50. The molecular formula is C27H30F2N6O3. The van der Waals surface area contributed by atoms with Crippen LogP contribution in [-0.2, 0) is 4.74 Å². The van der Waals surface area contributed by atoms with Crippen molar-refractivity contribution in [2.24, 2.45) is 11.7 Å². The van der Waals surface area contributed by atoms with Crippen molar-refractivity contribution < 1.29 is 23.4 Å². The van der Waals surface area contributed by atoms with Crippen LogP contribution in [-0.4, -0.2) is 57.2 Å². The van der Waals surface area contributed by atoms with Gasteiger partial charge in [-0.2, -0.15) is 9.61 Å². The van der Waals surface area contributed by atoms with E-state index in [1.807, 2.05) is 13.0 Å². The quantitative estimate of drug-likeness (QED) is 0.296. The summed E-state index contributed by atoms with van der Waals surface area (Å²) in [6.07, 6.45) is 5.92. The number of ether oxygens (including phenoxy) is 2. The average molecular weight is 525 g/mol. The van der Waals surface area contributed by atoms with Gasteiger partial charge in [-0.1, -0.05) is 6.92 Å². The Hall–Kier alpha value is -3.67. The molecule has 0 amide bonds. The average Bonchev–Trinajstić information content (AvgIpc) is 3.29. The van der Waals surface area contributed by atoms with Crippen LogP contribution in [0, 0.1) is 17.6 Å². The summed E-state index contributed by atoms with van der Waals surface area (Å²) in [7, 11) is 1.51. The minimum atomic E-state index is -0.793. The fraction of sp³-hybridized carbons (Fsp3) is 0.370. The van der Waals surface area contributed by atoms with Crippen LogP contribution in [0.15, 0.2) is 48.9 Å². The van der Waals surface area contributed by atoms with Crippen LogP contribution in [0.4, 0.5) is 20.4 Å². The van der Waals surface area contributed by atoms with E-state index in [1.54, 1.807) is 30.7 Å². The van der Waals surface area contributed by atoms with Crippen LogP contribution in [0.3, 0.4) is 0 Å². The van der Waals surface area contributed by atoms with Crippen molar-refractivity contribution in [1.29, 1.82) is 0 Å². The second-order valence-electron chi connectivity index (χ2n) is 9.63. The molecule has 1 fully saturated rings. The Labute approximate surface area is 218 Å². The molecule has 0 saturated heterocycles. The molecule has 9 nitrogen and oxygen atoms in total. The van der Waals surface area contributed by atoms with Crippen molar-refractivity contribution in [3.63, 3.8) is 0 Å². The zero-order chi connectivity index (χ0) is 26.8. The fourth-order valence-electron chi connectivity index (χ4n) is 5.04. The Morgan fingerprint density at radius 3 is 2.66 bits per heavy atom. The normalized spacial score (nSPS) is 21.5. The molecule has 0 spiro atoms. The van der Waals surface area contributed by atoms with Gasteiger partial charge in [-0.15, -0.1) is 0 Å². The van der Waals surface area contributed by atoms with Gasteiger partial charge in [-0.25, -0.2) is 13.8 Å². The third-order valence-corrected chi connectivity index (χ3v) is 6.99. The predicted octanol–water partition coefficient (Wildman–Crippen LogP) is 4.04. The monoisotopic (exact) mass is 524 g/mol. The molecule has 0 bridgehead atoms. The van der Waals surface area contributed by atoms with Crippen LogP contribution in [0.2, 0.25) is 0 Å². The largest absolute Gasteiger partial charge is 0.491 e. The van der Waals surface area contributed by atoms with E-state index in [1.165, 1.54) is 11.6 Å². The molecule has 4 aromatic rings. The summed E-state index contributed by atoms with van der Waals surface area (Å²) in [5.74, 6) is -0.971. The molecule has 38 heavy (non-hydrogen) atoms. The molecular weight excluding hydrogens is 494 g/mol. The smallest absolute Gasteiger partial charge is 0.229 e. The minimum Gasteiger partial charge on any atom is -0.491 e. The number of aliphatic hydroxyl groups is 1. The number of aliphatic hydroxyl groups excluding tert-OH is 1. The van der Waals surface area contributed by atoms with Crippen LogP contribution < -0.4 is 15.8 Å². The molecule has 4 unspecified atom stereocenters. The van der Waals surface area contributed by atoms with Gasteiger partial charge in [0.05, 0.1) is 47.6 Å². The first-order valence-corrected chi connectivity index (χ1v) is 12.5. The van der Waals surface area contributed by atoms with E-state index in [0.29, 0.717) is 24.5 Å². The van der Waals surface area contributed by atoms with Crippen molar-refractivity contribution in [1.82, 2.24) is 19.6 Å². The van der Waals surface area contributed by atoms with E-state index in [2.05, 4.69) is 20.4 Å². The highest BCUT2D eigenvalue weighted by Crippen LogP contribution is 2.39. The molecule has 11 heteroatoms. The highest BCUT2D eigenvalue weighted by Gasteiger charge is 2.34.